The Kier molecular flexibility index (Phi) is 34.5. The molecule has 33 nitrogen and oxygen atoms in total. The number of carboxylic acids is 1. The van der Waals surface area contributed by atoms with Gasteiger partial charge in [-0.25, -0.2) is 4.98 Å². The Morgan fingerprint density at radius 3 is 1.75 bits per heavy atom. The maximum atomic E-state index is 14.8. The van der Waals surface area contributed by atoms with E-state index in [0.717, 1.165) is 33.2 Å². The number of nitrogens with zero attached hydrogens (tertiary/aromatic N) is 1. The second-order valence-electron chi connectivity index (χ2n) is 28.0. The number of aromatic hydroxyl groups is 2. The Balaban J connectivity index is 0.827. The number of rotatable bonds is 46. The number of phenols is 2. The molecule has 0 aliphatic carbocycles. The van der Waals surface area contributed by atoms with Crippen LogP contribution in [0.2, 0.25) is 0 Å². The molecule has 4 heterocycles. The minimum Gasteiger partial charge on any atom is -0.508 e. The van der Waals surface area contributed by atoms with E-state index in [4.69, 9.17) is 0 Å². The highest BCUT2D eigenvalue weighted by Crippen LogP contribution is 2.30. The van der Waals surface area contributed by atoms with Crippen molar-refractivity contribution in [1.82, 2.24) is 78.4 Å². The van der Waals surface area contributed by atoms with Gasteiger partial charge in [0, 0.05) is 128 Å². The van der Waals surface area contributed by atoms with Gasteiger partial charge in [-0.15, -0.1) is 0 Å². The number of benzene rings is 4. The SMILES string of the molecule is CCC[C@H](NC(=O)[C@H](Cc1ccc(O)cc1)NC(=O)[C@H](CCC(=O)O)NC(=O)CNC(=O)[C@H](Cc1c[nH]c2c1C=CCN2)NC(=O)C[C@@H](C)O)C(=O)N[C@H](C(=O)NCCSCc1cccc(CSCCC(=O)N[C@H](C(=O)N[C@@H](Cc2ccc(O)cc2)C(=O)N[C@@H](Cc2cnc[nH]2)C(=O)NC)[C@@H](C)c2c[nH]c3ccccc23)c1)[C@@H](C)O. The van der Waals surface area contributed by atoms with Gasteiger partial charge in [0.05, 0.1) is 31.5 Å². The first-order chi connectivity index (χ1) is 55.1. The van der Waals surface area contributed by atoms with Crippen LogP contribution in [0.1, 0.15) is 117 Å². The van der Waals surface area contributed by atoms with E-state index < -0.39 is 157 Å². The Morgan fingerprint density at radius 2 is 1.13 bits per heavy atom. The molecule has 616 valence electrons. The van der Waals surface area contributed by atoms with Gasteiger partial charge in [0.15, 0.2) is 0 Å². The number of carboxylic acid groups (broad SMARTS) is 1. The molecule has 8 rings (SSSR count). The highest BCUT2D eigenvalue weighted by molar-refractivity contribution is 7.98. The minimum atomic E-state index is -1.61. The maximum Gasteiger partial charge on any atom is 0.303 e. The summed E-state index contributed by atoms with van der Waals surface area (Å²) < 4.78 is 0. The van der Waals surface area contributed by atoms with E-state index in [-0.39, 0.29) is 63.0 Å². The van der Waals surface area contributed by atoms with Crippen molar-refractivity contribution in [3.63, 3.8) is 0 Å². The number of likely N-dealkylation sites (N-methyl/N-ethyl adjacent to an activating group) is 1. The first-order valence-corrected chi connectivity index (χ1v) is 40.1. The van der Waals surface area contributed by atoms with Crippen molar-refractivity contribution in [3.05, 3.63) is 173 Å². The van der Waals surface area contributed by atoms with Crippen LogP contribution in [0.15, 0.2) is 128 Å². The number of nitrogens with one attached hydrogen (secondary N) is 15. The molecule has 4 aromatic carbocycles. The van der Waals surface area contributed by atoms with Gasteiger partial charge < -0.3 is 104 Å². The highest BCUT2D eigenvalue weighted by Gasteiger charge is 2.37. The summed E-state index contributed by atoms with van der Waals surface area (Å²) in [7, 11) is 1.44. The third-order valence-corrected chi connectivity index (χ3v) is 20.9. The zero-order valence-electron chi connectivity index (χ0n) is 64.5. The third-order valence-electron chi connectivity index (χ3n) is 18.9. The van der Waals surface area contributed by atoms with Crippen molar-refractivity contribution < 1.29 is 83.1 Å². The van der Waals surface area contributed by atoms with E-state index in [1.165, 1.54) is 93.3 Å². The summed E-state index contributed by atoms with van der Waals surface area (Å²) in [6, 6.07) is 16.5. The fraction of sp³-hybridized carbons (Fsp3) is 0.412. The number of para-hydroxylation sites is 1. The lowest BCUT2D eigenvalue weighted by Gasteiger charge is -2.28. The second kappa shape index (κ2) is 44.7. The Hall–Kier alpha value is -11.7. The highest BCUT2D eigenvalue weighted by atomic mass is 32.2. The number of anilines is 1. The average molecular weight is 1620 g/mol. The lowest BCUT2D eigenvalue weighted by Crippen LogP contribution is -2.60. The molecule has 11 atom stereocenters. The van der Waals surface area contributed by atoms with Crippen LogP contribution in [0.3, 0.4) is 0 Å². The molecule has 0 saturated heterocycles. The van der Waals surface area contributed by atoms with Gasteiger partial charge in [-0.1, -0.05) is 99.2 Å². The van der Waals surface area contributed by atoms with Crippen molar-refractivity contribution in [1.29, 1.82) is 0 Å². The maximum absolute atomic E-state index is 14.8. The molecular formula is C80H102N16O17S2. The van der Waals surface area contributed by atoms with Crippen LogP contribution in [0.25, 0.3) is 17.0 Å². The van der Waals surface area contributed by atoms with Gasteiger partial charge in [0.25, 0.3) is 0 Å². The number of carbonyl (C=O) groups is 12. The van der Waals surface area contributed by atoms with Gasteiger partial charge in [0.2, 0.25) is 65.0 Å². The average Bonchev–Trinajstić information content (AvgIpc) is 1.68. The zero-order valence-corrected chi connectivity index (χ0v) is 66.1. The van der Waals surface area contributed by atoms with Crippen LogP contribution < -0.4 is 63.8 Å². The number of aliphatic hydroxyl groups is 2. The fourth-order valence-corrected chi connectivity index (χ4v) is 14.5. The van der Waals surface area contributed by atoms with E-state index in [9.17, 15) is 83.1 Å². The number of hydrogen-bond acceptors (Lipinski definition) is 20. The molecule has 0 unspecified atom stereocenters. The lowest BCUT2D eigenvalue weighted by atomic mass is 9.91. The van der Waals surface area contributed by atoms with Crippen molar-refractivity contribution in [2.24, 2.45) is 0 Å². The van der Waals surface area contributed by atoms with Gasteiger partial charge in [-0.05, 0) is 90.4 Å². The third kappa shape index (κ3) is 28.1. The summed E-state index contributed by atoms with van der Waals surface area (Å²) in [5.74, 6) is -7.60. The molecule has 0 spiro atoms. The normalized spacial score (nSPS) is 14.5. The Bertz CT molecular complexity index is 4500. The van der Waals surface area contributed by atoms with E-state index in [2.05, 4.69) is 83.7 Å². The molecule has 1 aliphatic rings. The molecule has 20 N–H and O–H groups in total. The zero-order chi connectivity index (χ0) is 83.1. The number of amides is 11. The van der Waals surface area contributed by atoms with Crippen LogP contribution in [0.4, 0.5) is 5.82 Å². The van der Waals surface area contributed by atoms with Gasteiger partial charge in [-0.3, -0.25) is 57.5 Å². The molecular weight excluding hydrogens is 1520 g/mol. The summed E-state index contributed by atoms with van der Waals surface area (Å²) in [5, 5.41) is 83.7. The summed E-state index contributed by atoms with van der Waals surface area (Å²) in [4.78, 5) is 178. The number of aromatic amines is 3. The molecule has 0 saturated carbocycles. The van der Waals surface area contributed by atoms with Crippen molar-refractivity contribution in [2.45, 2.75) is 170 Å². The minimum absolute atomic E-state index is 0.00209. The molecule has 35 heteroatoms. The van der Waals surface area contributed by atoms with Crippen molar-refractivity contribution >= 4 is 117 Å². The Labute approximate surface area is 672 Å². The predicted octanol–water partition coefficient (Wildman–Crippen LogP) is 2.37. The second-order valence-corrected chi connectivity index (χ2v) is 30.2. The molecule has 1 aliphatic heterocycles. The number of phenolic OH excluding ortho intramolecular Hbond substituents is 2. The number of hydrogen-bond donors (Lipinski definition) is 20. The number of imidazole rings is 1. The predicted molar refractivity (Wildman–Crippen MR) is 433 cm³/mol. The largest absolute Gasteiger partial charge is 0.508 e. The van der Waals surface area contributed by atoms with Gasteiger partial charge in [-0.2, -0.15) is 23.5 Å². The van der Waals surface area contributed by atoms with Crippen LogP contribution >= 0.6 is 23.5 Å². The number of H-pyrrole nitrogens is 3. The molecule has 3 aromatic heterocycles. The van der Waals surface area contributed by atoms with Crippen LogP contribution in [0, 0.1) is 0 Å². The first kappa shape index (κ1) is 88.9. The number of aliphatic hydroxyl groups excluding tert-OH is 2. The Morgan fingerprint density at radius 1 is 0.539 bits per heavy atom. The van der Waals surface area contributed by atoms with Gasteiger partial charge in [0.1, 0.15) is 65.7 Å². The van der Waals surface area contributed by atoms with Crippen molar-refractivity contribution in [3.8, 4) is 11.5 Å². The number of fused-ring (bicyclic) bond motifs is 2. The van der Waals surface area contributed by atoms with E-state index >= 15 is 0 Å². The topological polar surface area (TPSA) is 511 Å². The quantitative estimate of drug-likeness (QED) is 0.0244. The van der Waals surface area contributed by atoms with E-state index in [0.29, 0.717) is 64.2 Å². The molecule has 0 radical (unpaired) electrons. The molecule has 0 fully saturated rings. The smallest absolute Gasteiger partial charge is 0.303 e. The summed E-state index contributed by atoms with van der Waals surface area (Å²) in [5.41, 5.74) is 6.50. The molecule has 115 heavy (non-hydrogen) atoms. The number of carbonyl (C=O) groups excluding carboxylic acids is 11. The summed E-state index contributed by atoms with van der Waals surface area (Å²) in [6.45, 7) is 6.18. The lowest BCUT2D eigenvalue weighted by molar-refractivity contribution is -0.138. The van der Waals surface area contributed by atoms with Crippen LogP contribution in [-0.4, -0.2) is 215 Å². The number of aromatic nitrogens is 4. The van der Waals surface area contributed by atoms with Crippen LogP contribution in [0.5, 0.6) is 11.5 Å². The van der Waals surface area contributed by atoms with Crippen molar-refractivity contribution in [2.75, 3.05) is 43.5 Å². The van der Waals surface area contributed by atoms with E-state index in [1.54, 1.807) is 31.5 Å². The summed E-state index contributed by atoms with van der Waals surface area (Å²) in [6.07, 6.45) is 6.36. The first-order valence-electron chi connectivity index (χ1n) is 37.8. The van der Waals surface area contributed by atoms with Gasteiger partial charge >= 0.3 is 5.97 Å². The number of thioether (sulfide) groups is 2. The molecule has 11 amide bonds. The molecule has 7 aromatic rings. The monoisotopic (exact) mass is 1620 g/mol. The fourth-order valence-electron chi connectivity index (χ4n) is 12.8. The standard InChI is InChI=1S/C80H102N16O17S2/c1-6-11-60(91-77(110)62(34-48-17-21-54(99)22-18-48)92-75(108)61(25-26-69(104)105)89-68(103)41-87-74(107)64(90-67(102)32-45(2)97)36-52-38-86-72-56(52)15-10-28-83-72)76(109)96-71(47(4)98)79(112)84-29-31-115-43-51-13-9-12-50(33-51)42-114-30-27-66(101)95-70(46(3)58-40-85-59-16-8-7-14-57(58)59)80(113)94-63(35-49-19-23-55(100)24-20-49)78(111)93-65(73(106)81-5)37-53-39-82-44-88-53/h7-10,12-24,33,38-40,44-47,60-65,70-71,83,85-86,97-100H,6,11,25-32,34-37,41-43H2,1-5H3,(H,81,106)(H,82,88)(H,84,112)(H,87,107)(H,89,103)(H,90,102)(H,91,110)(H,92,108)(H,93,111)(H,94,113)(H,95,101)(H,96,109)(H,104,105)/t45-,46+,47-,60+,61+,62+,63+,64+,65+,70+,71+/m1/s1. The van der Waals surface area contributed by atoms with E-state index in [1.807, 2.05) is 67.6 Å². The number of aliphatic carboxylic acids is 1. The summed E-state index contributed by atoms with van der Waals surface area (Å²) >= 11 is 3.01. The van der Waals surface area contributed by atoms with Crippen LogP contribution in [-0.2, 0) is 94.7 Å². The molecule has 0 bridgehead atoms.